The van der Waals surface area contributed by atoms with Gasteiger partial charge < -0.3 is 4.98 Å². The summed E-state index contributed by atoms with van der Waals surface area (Å²) in [6.45, 7) is 1.97. The van der Waals surface area contributed by atoms with E-state index in [9.17, 15) is 9.18 Å². The first-order chi connectivity index (χ1) is 9.10. The van der Waals surface area contributed by atoms with E-state index in [-0.39, 0.29) is 11.4 Å². The number of hydrogen-bond donors (Lipinski definition) is 1. The lowest BCUT2D eigenvalue weighted by molar-refractivity contribution is 0.624. The Hall–Kier alpha value is -0.890. The van der Waals surface area contributed by atoms with Gasteiger partial charge >= 0.3 is 0 Å². The summed E-state index contributed by atoms with van der Waals surface area (Å²) < 4.78 is 13.7. The van der Waals surface area contributed by atoms with Gasteiger partial charge in [0.05, 0.1) is 15.0 Å². The predicted octanol–water partition coefficient (Wildman–Crippen LogP) is 3.37. The van der Waals surface area contributed by atoms with E-state index in [4.69, 9.17) is 0 Å². The maximum atomic E-state index is 13.0. The summed E-state index contributed by atoms with van der Waals surface area (Å²) in [5.41, 5.74) is 0.696. The van der Waals surface area contributed by atoms with Gasteiger partial charge in [-0.15, -0.1) is 11.8 Å². The van der Waals surface area contributed by atoms with Gasteiger partial charge in [-0.2, -0.15) is 0 Å². The zero-order valence-electron chi connectivity index (χ0n) is 10.2. The van der Waals surface area contributed by atoms with Gasteiger partial charge in [0.2, 0.25) is 0 Å². The summed E-state index contributed by atoms with van der Waals surface area (Å²) in [6, 6.07) is 6.37. The lowest BCUT2D eigenvalue weighted by atomic mass is 10.3. The molecule has 0 radical (unpaired) electrons. The lowest BCUT2D eigenvalue weighted by Crippen LogP contribution is -2.17. The van der Waals surface area contributed by atoms with Crippen molar-refractivity contribution in [3.05, 3.63) is 55.5 Å². The van der Waals surface area contributed by atoms with Crippen LogP contribution >= 0.6 is 34.4 Å². The molecule has 0 saturated heterocycles. The van der Waals surface area contributed by atoms with E-state index in [1.165, 1.54) is 23.9 Å². The summed E-state index contributed by atoms with van der Waals surface area (Å²) >= 11 is 3.45. The Bertz CT molecular complexity index is 645. The molecule has 19 heavy (non-hydrogen) atoms. The molecule has 0 fully saturated rings. The van der Waals surface area contributed by atoms with Crippen LogP contribution in [0.15, 0.2) is 34.0 Å². The number of aromatic amines is 1. The number of aryl methyl sites for hydroxylation is 1. The quantitative estimate of drug-likeness (QED) is 0.643. The SMILES string of the molecule is CCc1nc(CSc2cccc(F)c2)[nH]c(=O)c1I. The fourth-order valence-electron chi connectivity index (χ4n) is 1.57. The van der Waals surface area contributed by atoms with E-state index in [0.717, 1.165) is 17.0 Å². The Kier molecular flexibility index (Phi) is 4.98. The highest BCUT2D eigenvalue weighted by atomic mass is 127. The zero-order chi connectivity index (χ0) is 13.8. The molecule has 3 nitrogen and oxygen atoms in total. The minimum absolute atomic E-state index is 0.109. The molecule has 2 aromatic rings. The molecule has 0 atom stereocenters. The average Bonchev–Trinajstić information content (AvgIpc) is 2.40. The molecule has 0 spiro atoms. The van der Waals surface area contributed by atoms with Crippen molar-refractivity contribution in [1.82, 2.24) is 9.97 Å². The molecule has 0 unspecified atom stereocenters. The van der Waals surface area contributed by atoms with Crippen molar-refractivity contribution in [3.8, 4) is 0 Å². The van der Waals surface area contributed by atoms with Gasteiger partial charge in [0.15, 0.2) is 0 Å². The maximum absolute atomic E-state index is 13.0. The number of hydrogen-bond acceptors (Lipinski definition) is 3. The molecule has 0 saturated carbocycles. The molecular weight excluding hydrogens is 378 g/mol. The van der Waals surface area contributed by atoms with E-state index in [1.54, 1.807) is 6.07 Å². The molecule has 0 aliphatic carbocycles. The fourth-order valence-corrected chi connectivity index (χ4v) is 3.02. The van der Waals surface area contributed by atoms with Gasteiger partial charge in [-0.3, -0.25) is 4.79 Å². The normalized spacial score (nSPS) is 10.7. The van der Waals surface area contributed by atoms with Crippen LogP contribution < -0.4 is 5.56 Å². The molecular formula is C13H12FIN2OS. The Morgan fingerprint density at radius 1 is 1.47 bits per heavy atom. The number of aromatic nitrogens is 2. The molecule has 1 heterocycles. The van der Waals surface area contributed by atoms with Crippen LogP contribution in [-0.4, -0.2) is 9.97 Å². The maximum Gasteiger partial charge on any atom is 0.264 e. The van der Waals surface area contributed by atoms with Crippen molar-refractivity contribution in [2.45, 2.75) is 24.0 Å². The third-order valence-electron chi connectivity index (χ3n) is 2.49. The molecule has 2 rings (SSSR count). The molecule has 1 aromatic heterocycles. The van der Waals surface area contributed by atoms with Crippen molar-refractivity contribution < 1.29 is 4.39 Å². The largest absolute Gasteiger partial charge is 0.309 e. The highest BCUT2D eigenvalue weighted by Crippen LogP contribution is 2.21. The molecule has 1 aromatic carbocycles. The molecule has 0 bridgehead atoms. The summed E-state index contributed by atoms with van der Waals surface area (Å²) in [5.74, 6) is 0.877. The third-order valence-corrected chi connectivity index (χ3v) is 4.60. The highest BCUT2D eigenvalue weighted by Gasteiger charge is 2.07. The first kappa shape index (κ1) is 14.5. The second kappa shape index (κ2) is 6.51. The number of rotatable bonds is 4. The second-order valence-electron chi connectivity index (χ2n) is 3.87. The topological polar surface area (TPSA) is 45.8 Å². The second-order valence-corrected chi connectivity index (χ2v) is 6.00. The van der Waals surface area contributed by atoms with E-state index in [1.807, 2.05) is 35.6 Å². The van der Waals surface area contributed by atoms with Crippen molar-refractivity contribution in [1.29, 1.82) is 0 Å². The van der Waals surface area contributed by atoms with Crippen molar-refractivity contribution >= 4 is 34.4 Å². The van der Waals surface area contributed by atoms with Crippen LogP contribution in [0, 0.1) is 9.39 Å². The minimum atomic E-state index is -0.261. The zero-order valence-corrected chi connectivity index (χ0v) is 13.2. The number of nitrogens with one attached hydrogen (secondary N) is 1. The predicted molar refractivity (Wildman–Crippen MR) is 82.9 cm³/mol. The monoisotopic (exact) mass is 390 g/mol. The summed E-state index contributed by atoms with van der Waals surface area (Å²) in [7, 11) is 0. The van der Waals surface area contributed by atoms with Crippen molar-refractivity contribution in [2.24, 2.45) is 0 Å². The first-order valence-electron chi connectivity index (χ1n) is 5.76. The van der Waals surface area contributed by atoms with Crippen LogP contribution in [0.5, 0.6) is 0 Å². The summed E-state index contributed by atoms with van der Waals surface area (Å²) in [4.78, 5) is 19.7. The van der Waals surface area contributed by atoms with Crippen molar-refractivity contribution in [3.63, 3.8) is 0 Å². The van der Waals surface area contributed by atoms with Gasteiger partial charge in [0.25, 0.3) is 5.56 Å². The van der Waals surface area contributed by atoms with Gasteiger partial charge in [-0.05, 0) is 47.2 Å². The Morgan fingerprint density at radius 3 is 2.95 bits per heavy atom. The lowest BCUT2D eigenvalue weighted by Gasteiger charge is -2.05. The van der Waals surface area contributed by atoms with Gasteiger partial charge in [-0.25, -0.2) is 9.37 Å². The molecule has 6 heteroatoms. The highest BCUT2D eigenvalue weighted by molar-refractivity contribution is 14.1. The Balaban J connectivity index is 2.16. The van der Waals surface area contributed by atoms with Crippen LogP contribution in [0.1, 0.15) is 18.4 Å². The van der Waals surface area contributed by atoms with Gasteiger partial charge in [0.1, 0.15) is 11.6 Å². The minimum Gasteiger partial charge on any atom is -0.309 e. The van der Waals surface area contributed by atoms with Crippen LogP contribution in [-0.2, 0) is 12.2 Å². The Morgan fingerprint density at radius 2 is 2.26 bits per heavy atom. The average molecular weight is 390 g/mol. The van der Waals surface area contributed by atoms with E-state index >= 15 is 0 Å². The van der Waals surface area contributed by atoms with E-state index < -0.39 is 0 Å². The standard InChI is InChI=1S/C13H12FIN2OS/c1-2-10-12(15)13(18)17-11(16-10)7-19-9-5-3-4-8(14)6-9/h3-6H,2,7H2,1H3,(H,16,17,18). The number of nitrogens with zero attached hydrogens (tertiary/aromatic N) is 1. The molecule has 1 N–H and O–H groups in total. The van der Waals surface area contributed by atoms with Crippen molar-refractivity contribution in [2.75, 3.05) is 0 Å². The van der Waals surface area contributed by atoms with Crippen LogP contribution in [0.3, 0.4) is 0 Å². The van der Waals surface area contributed by atoms with Crippen LogP contribution in [0.4, 0.5) is 4.39 Å². The number of H-pyrrole nitrogens is 1. The van der Waals surface area contributed by atoms with Gasteiger partial charge in [0, 0.05) is 4.90 Å². The Labute approximate surface area is 128 Å². The fraction of sp³-hybridized carbons (Fsp3) is 0.231. The number of benzene rings is 1. The van der Waals surface area contributed by atoms with Crippen LogP contribution in [0.25, 0.3) is 0 Å². The molecule has 0 aliphatic heterocycles. The molecule has 100 valence electrons. The first-order valence-corrected chi connectivity index (χ1v) is 7.82. The summed E-state index contributed by atoms with van der Waals surface area (Å²) in [6.07, 6.45) is 0.722. The summed E-state index contributed by atoms with van der Waals surface area (Å²) in [5, 5.41) is 0. The smallest absolute Gasteiger partial charge is 0.264 e. The number of thioether (sulfide) groups is 1. The van der Waals surface area contributed by atoms with Gasteiger partial charge in [-0.1, -0.05) is 13.0 Å². The third kappa shape index (κ3) is 3.79. The van der Waals surface area contributed by atoms with E-state index in [2.05, 4.69) is 9.97 Å². The van der Waals surface area contributed by atoms with Crippen LogP contribution in [0.2, 0.25) is 0 Å². The number of halogens is 2. The van der Waals surface area contributed by atoms with E-state index in [0.29, 0.717) is 15.1 Å². The molecule has 0 amide bonds. The molecule has 0 aliphatic rings.